The number of anilines is 2. The van der Waals surface area contributed by atoms with E-state index in [0.29, 0.717) is 54.8 Å². The van der Waals surface area contributed by atoms with E-state index in [-0.39, 0.29) is 40.1 Å². The molecule has 0 spiro atoms. The van der Waals surface area contributed by atoms with Gasteiger partial charge in [0.2, 0.25) is 11.9 Å². The highest BCUT2D eigenvalue weighted by atomic mass is 127. The first-order valence-electron chi connectivity index (χ1n) is 17.7. The molecule has 0 atom stereocenters. The Morgan fingerprint density at radius 3 is 1.54 bits per heavy atom. The van der Waals surface area contributed by atoms with Crippen LogP contribution in [0.4, 0.5) is 11.9 Å². The summed E-state index contributed by atoms with van der Waals surface area (Å²) in [6, 6.07) is 0. The lowest BCUT2D eigenvalue weighted by atomic mass is 10.1. The minimum absolute atomic E-state index is 0.0301. The molecule has 6 aromatic heterocycles. The van der Waals surface area contributed by atoms with Crippen LogP contribution in [-0.2, 0) is 26.2 Å². The van der Waals surface area contributed by atoms with Crippen molar-refractivity contribution in [2.24, 2.45) is 0 Å². The Kier molecular flexibility index (Phi) is 13.8. The fourth-order valence-corrected chi connectivity index (χ4v) is 7.48. The fraction of sp³-hybridized carbons (Fsp3) is 0.368. The van der Waals surface area contributed by atoms with Gasteiger partial charge < -0.3 is 11.5 Å². The maximum absolute atomic E-state index is 13.2. The van der Waals surface area contributed by atoms with Crippen LogP contribution in [0.5, 0.6) is 0 Å². The molecule has 6 heterocycles. The van der Waals surface area contributed by atoms with Crippen LogP contribution in [0.25, 0.3) is 22.3 Å². The van der Waals surface area contributed by atoms with Crippen molar-refractivity contribution in [3.63, 3.8) is 0 Å². The third-order valence-electron chi connectivity index (χ3n) is 9.13. The number of imidazole rings is 2. The Hall–Kier alpha value is -4.13. The van der Waals surface area contributed by atoms with Crippen LogP contribution >= 0.6 is 61.7 Å². The molecule has 0 bridgehead atoms. The maximum Gasteiger partial charge on any atom is 0.330 e. The molecule has 14 nitrogen and oxygen atoms in total. The molecular formula is C38H44BrCl2IN12O2. The molecule has 0 aromatic carbocycles. The standard InChI is InChI=1S/C19H22BrClN6O.C19H22ClIN6O/c1-10(2)6-5-7-26-15-16(21)24-18(22)25-17(15)27(19(26)28)9-13-12(4)14(20)11(3)8-23-13;1-10(2)6-5-7-26-15-16(20)24-18(22)25-17(15)27(19(26)28)9-13-12(4)14(21)11(3)8-23-13/h2*6,8H,5,7,9H2,1-4H3,(H2,22,24,25). The average molecular weight is 979 g/mol. The van der Waals surface area contributed by atoms with Gasteiger partial charge in [0.25, 0.3) is 0 Å². The number of nitrogens with two attached hydrogens (primary N) is 2. The molecule has 0 aliphatic heterocycles. The van der Waals surface area contributed by atoms with Gasteiger partial charge in [0.15, 0.2) is 21.6 Å². The molecular weight excluding hydrogens is 934 g/mol. The molecule has 0 radical (unpaired) electrons. The first-order valence-corrected chi connectivity index (χ1v) is 20.4. The van der Waals surface area contributed by atoms with Crippen molar-refractivity contribution in [2.75, 3.05) is 11.5 Å². The summed E-state index contributed by atoms with van der Waals surface area (Å²) in [6.45, 7) is 17.6. The Bertz CT molecular complexity index is 2470. The van der Waals surface area contributed by atoms with Crippen LogP contribution in [0, 0.1) is 31.3 Å². The van der Waals surface area contributed by atoms with E-state index in [9.17, 15) is 9.59 Å². The van der Waals surface area contributed by atoms with Gasteiger partial charge in [-0.05, 0) is 113 Å². The van der Waals surface area contributed by atoms with E-state index >= 15 is 0 Å². The summed E-state index contributed by atoms with van der Waals surface area (Å²) in [4.78, 5) is 52.1. The maximum atomic E-state index is 13.2. The number of allylic oxidation sites excluding steroid dienone is 4. The number of aromatic nitrogens is 10. The fourth-order valence-electron chi connectivity index (χ4n) is 6.15. The SMILES string of the molecule is CC(C)=CCCn1c(=O)n(Cc2ncc(C)c(Br)c2C)c2nc(N)nc(Cl)c21.CC(C)=CCCn1c(=O)n(Cc2ncc(C)c(I)c2C)c2nc(N)nc(Cl)c21. The molecule has 18 heteroatoms. The number of rotatable bonds is 10. The average Bonchev–Trinajstić information content (AvgIpc) is 3.53. The van der Waals surface area contributed by atoms with E-state index < -0.39 is 0 Å². The van der Waals surface area contributed by atoms with Gasteiger partial charge >= 0.3 is 11.4 Å². The van der Waals surface area contributed by atoms with Gasteiger partial charge in [0, 0.05) is 33.5 Å². The van der Waals surface area contributed by atoms with Crippen LogP contribution in [0.15, 0.2) is 49.8 Å². The second-order valence-corrected chi connectivity index (χ2v) is 16.5. The smallest absolute Gasteiger partial charge is 0.330 e. The van der Waals surface area contributed by atoms with Crippen molar-refractivity contribution in [3.05, 3.63) is 109 Å². The normalized spacial score (nSPS) is 11.2. The first kappa shape index (κ1) is 43.0. The summed E-state index contributed by atoms with van der Waals surface area (Å²) < 4.78 is 8.46. The van der Waals surface area contributed by atoms with Crippen molar-refractivity contribution in [1.82, 2.24) is 48.2 Å². The number of halogens is 4. The molecule has 0 unspecified atom stereocenters. The van der Waals surface area contributed by atoms with Gasteiger partial charge in [-0.1, -0.05) is 62.4 Å². The summed E-state index contributed by atoms with van der Waals surface area (Å²) in [7, 11) is 0. The minimum atomic E-state index is -0.211. The molecule has 0 saturated carbocycles. The Morgan fingerprint density at radius 1 is 0.696 bits per heavy atom. The molecule has 0 aliphatic carbocycles. The third kappa shape index (κ3) is 9.19. The number of hydrogen-bond donors (Lipinski definition) is 2. The summed E-state index contributed by atoms with van der Waals surface area (Å²) in [5, 5.41) is 0.351. The minimum Gasteiger partial charge on any atom is -0.368 e. The number of nitrogens with zero attached hydrogens (tertiary/aromatic N) is 10. The zero-order chi connectivity index (χ0) is 41.2. The first-order chi connectivity index (χ1) is 26.4. The van der Waals surface area contributed by atoms with Crippen molar-refractivity contribution >= 4 is 95.9 Å². The van der Waals surface area contributed by atoms with E-state index in [1.54, 1.807) is 24.5 Å². The predicted molar refractivity (Wildman–Crippen MR) is 237 cm³/mol. The predicted octanol–water partition coefficient (Wildman–Crippen LogP) is 7.86. The van der Waals surface area contributed by atoms with E-state index in [1.807, 2.05) is 61.6 Å². The van der Waals surface area contributed by atoms with E-state index in [0.717, 1.165) is 41.7 Å². The molecule has 296 valence electrons. The Morgan fingerprint density at radius 2 is 1.11 bits per heavy atom. The highest BCUT2D eigenvalue weighted by molar-refractivity contribution is 14.1. The zero-order valence-electron chi connectivity index (χ0n) is 32.5. The largest absolute Gasteiger partial charge is 0.368 e. The number of fused-ring (bicyclic) bond motifs is 2. The topological polar surface area (TPSA) is 183 Å². The zero-order valence-corrected chi connectivity index (χ0v) is 37.8. The molecule has 4 N–H and O–H groups in total. The summed E-state index contributed by atoms with van der Waals surface area (Å²) in [5.41, 5.74) is 21.2. The molecule has 0 aliphatic rings. The van der Waals surface area contributed by atoms with Crippen molar-refractivity contribution in [1.29, 1.82) is 0 Å². The van der Waals surface area contributed by atoms with Gasteiger partial charge in [0.1, 0.15) is 11.0 Å². The van der Waals surface area contributed by atoms with Crippen molar-refractivity contribution < 1.29 is 0 Å². The summed E-state index contributed by atoms with van der Waals surface area (Å²) in [5.74, 6) is 0.0679. The van der Waals surface area contributed by atoms with Gasteiger partial charge in [-0.25, -0.2) is 9.59 Å². The lowest BCUT2D eigenvalue weighted by Crippen LogP contribution is -2.25. The van der Waals surface area contributed by atoms with E-state index in [1.165, 1.54) is 11.1 Å². The molecule has 6 aromatic rings. The number of nitrogen functional groups attached to an aromatic ring is 2. The number of pyridine rings is 2. The second kappa shape index (κ2) is 18.0. The van der Waals surface area contributed by atoms with Crippen LogP contribution in [-0.4, -0.2) is 48.2 Å². The van der Waals surface area contributed by atoms with Crippen LogP contribution in [0.1, 0.15) is 74.2 Å². The van der Waals surface area contributed by atoms with Crippen LogP contribution in [0.3, 0.4) is 0 Å². The lowest BCUT2D eigenvalue weighted by molar-refractivity contribution is 0.648. The Labute approximate surface area is 356 Å². The third-order valence-corrected chi connectivity index (χ3v) is 12.5. The number of hydrogen-bond acceptors (Lipinski definition) is 10. The highest BCUT2D eigenvalue weighted by Gasteiger charge is 2.22. The Balaban J connectivity index is 0.000000214. The molecule has 56 heavy (non-hydrogen) atoms. The quantitative estimate of drug-likeness (QED) is 0.0779. The van der Waals surface area contributed by atoms with Crippen molar-refractivity contribution in [3.8, 4) is 0 Å². The van der Waals surface area contributed by atoms with Crippen LogP contribution in [0.2, 0.25) is 10.3 Å². The number of aryl methyl sites for hydroxylation is 4. The monoisotopic (exact) mass is 976 g/mol. The van der Waals surface area contributed by atoms with E-state index in [4.69, 9.17) is 34.7 Å². The summed E-state index contributed by atoms with van der Waals surface area (Å²) >= 11 is 18.6. The van der Waals surface area contributed by atoms with E-state index in [2.05, 4.69) is 80.6 Å². The molecule has 6 rings (SSSR count). The molecule has 0 amide bonds. The highest BCUT2D eigenvalue weighted by Crippen LogP contribution is 2.26. The molecule has 0 saturated heterocycles. The van der Waals surface area contributed by atoms with Crippen molar-refractivity contribution in [2.45, 2.75) is 94.4 Å². The molecule has 0 fully saturated rings. The lowest BCUT2D eigenvalue weighted by Gasteiger charge is -2.09. The van der Waals surface area contributed by atoms with Gasteiger partial charge in [-0.15, -0.1) is 0 Å². The van der Waals surface area contributed by atoms with Gasteiger partial charge in [-0.2, -0.15) is 19.9 Å². The van der Waals surface area contributed by atoms with Gasteiger partial charge in [0.05, 0.1) is 24.5 Å². The van der Waals surface area contributed by atoms with Crippen LogP contribution < -0.4 is 22.8 Å². The summed E-state index contributed by atoms with van der Waals surface area (Å²) in [6.07, 6.45) is 9.17. The van der Waals surface area contributed by atoms with Gasteiger partial charge in [-0.3, -0.25) is 28.2 Å². The second-order valence-electron chi connectivity index (χ2n) is 13.9.